The molecule has 1 aromatic rings. The molecule has 0 atom stereocenters. The highest BCUT2D eigenvalue weighted by molar-refractivity contribution is 5.27. The lowest BCUT2D eigenvalue weighted by atomic mass is 9.93. The van der Waals surface area contributed by atoms with Crippen LogP contribution in [0.15, 0.2) is 24.3 Å². The Morgan fingerprint density at radius 2 is 1.83 bits per heavy atom. The van der Waals surface area contributed by atoms with Crippen molar-refractivity contribution in [2.24, 2.45) is 11.1 Å². The second-order valence-electron chi connectivity index (χ2n) is 5.62. The second-order valence-corrected chi connectivity index (χ2v) is 5.62. The van der Waals surface area contributed by atoms with Crippen LogP contribution < -0.4 is 10.5 Å². The number of benzene rings is 1. The first-order valence-electron chi connectivity index (χ1n) is 6.57. The van der Waals surface area contributed by atoms with Crippen LogP contribution in [-0.4, -0.2) is 31.6 Å². The van der Waals surface area contributed by atoms with E-state index in [0.29, 0.717) is 13.2 Å². The van der Waals surface area contributed by atoms with Crippen LogP contribution in [0, 0.1) is 5.41 Å². The van der Waals surface area contributed by atoms with Gasteiger partial charge in [-0.15, -0.1) is 0 Å². The maximum Gasteiger partial charge on any atom is 0.119 e. The molecule has 0 amide bonds. The van der Waals surface area contributed by atoms with Crippen LogP contribution in [0.5, 0.6) is 5.75 Å². The van der Waals surface area contributed by atoms with E-state index in [-0.39, 0.29) is 5.41 Å². The highest BCUT2D eigenvalue weighted by Crippen LogP contribution is 2.17. The molecule has 0 aliphatic rings. The number of nitrogens with zero attached hydrogens (tertiary/aromatic N) is 1. The molecule has 0 spiro atoms. The van der Waals surface area contributed by atoms with Gasteiger partial charge < -0.3 is 15.4 Å². The lowest BCUT2D eigenvalue weighted by Gasteiger charge is -2.29. The smallest absolute Gasteiger partial charge is 0.119 e. The van der Waals surface area contributed by atoms with E-state index in [4.69, 9.17) is 10.5 Å². The minimum atomic E-state index is 0.167. The quantitative estimate of drug-likeness (QED) is 0.808. The summed E-state index contributed by atoms with van der Waals surface area (Å²) in [7, 11) is 2.13. The maximum absolute atomic E-state index is 5.76. The molecule has 0 heterocycles. The topological polar surface area (TPSA) is 38.5 Å². The normalized spacial score (nSPS) is 11.9. The first-order chi connectivity index (χ1) is 8.46. The van der Waals surface area contributed by atoms with Crippen LogP contribution in [0.2, 0.25) is 0 Å². The highest BCUT2D eigenvalue weighted by atomic mass is 16.5. The van der Waals surface area contributed by atoms with Crippen molar-refractivity contribution in [3.05, 3.63) is 29.8 Å². The van der Waals surface area contributed by atoms with Crippen LogP contribution in [-0.2, 0) is 6.54 Å². The highest BCUT2D eigenvalue weighted by Gasteiger charge is 2.17. The Labute approximate surface area is 111 Å². The molecule has 102 valence electrons. The fourth-order valence-electron chi connectivity index (χ4n) is 2.02. The summed E-state index contributed by atoms with van der Waals surface area (Å²) in [6.45, 7) is 9.75. The van der Waals surface area contributed by atoms with Crippen molar-refractivity contribution in [2.45, 2.75) is 27.3 Å². The third-order valence-electron chi connectivity index (χ3n) is 2.94. The van der Waals surface area contributed by atoms with Gasteiger partial charge in [0.2, 0.25) is 0 Å². The summed E-state index contributed by atoms with van der Waals surface area (Å²) < 4.78 is 5.43. The molecule has 3 nitrogen and oxygen atoms in total. The van der Waals surface area contributed by atoms with Crippen molar-refractivity contribution in [1.29, 1.82) is 0 Å². The first-order valence-corrected chi connectivity index (χ1v) is 6.57. The van der Waals surface area contributed by atoms with E-state index >= 15 is 0 Å². The lowest BCUT2D eigenvalue weighted by Crippen LogP contribution is -2.36. The van der Waals surface area contributed by atoms with Crippen molar-refractivity contribution >= 4 is 0 Å². The summed E-state index contributed by atoms with van der Waals surface area (Å²) in [6, 6.07) is 8.30. The average Bonchev–Trinajstić information content (AvgIpc) is 2.31. The fraction of sp³-hybridized carbons (Fsp3) is 0.600. The van der Waals surface area contributed by atoms with Gasteiger partial charge in [0.05, 0.1) is 6.61 Å². The summed E-state index contributed by atoms with van der Waals surface area (Å²) in [5, 5.41) is 0. The first kappa shape index (κ1) is 15.0. The molecule has 2 N–H and O–H groups in total. The van der Waals surface area contributed by atoms with Crippen LogP contribution in [0.3, 0.4) is 0 Å². The van der Waals surface area contributed by atoms with Gasteiger partial charge in [0.1, 0.15) is 5.75 Å². The van der Waals surface area contributed by atoms with E-state index in [9.17, 15) is 0 Å². The molecule has 0 fully saturated rings. The molecule has 1 rings (SSSR count). The van der Waals surface area contributed by atoms with E-state index < -0.39 is 0 Å². The van der Waals surface area contributed by atoms with Crippen LogP contribution in [0.1, 0.15) is 26.3 Å². The molecular formula is C15H26N2O. The Balaban J connectivity index is 2.51. The van der Waals surface area contributed by atoms with Gasteiger partial charge in [0.25, 0.3) is 0 Å². The second kappa shape index (κ2) is 6.76. The van der Waals surface area contributed by atoms with Crippen molar-refractivity contribution in [2.75, 3.05) is 26.7 Å². The zero-order valence-electron chi connectivity index (χ0n) is 12.1. The molecule has 18 heavy (non-hydrogen) atoms. The Bertz CT molecular complexity index is 346. The van der Waals surface area contributed by atoms with Gasteiger partial charge in [-0.1, -0.05) is 26.0 Å². The molecule has 0 saturated carbocycles. The molecule has 0 radical (unpaired) electrons. The van der Waals surface area contributed by atoms with Gasteiger partial charge >= 0.3 is 0 Å². The standard InChI is InChI=1S/C15H26N2O/c1-5-18-14-8-6-13(7-9-14)10-17(4)12-15(2,3)11-16/h6-9H,5,10-12,16H2,1-4H3. The maximum atomic E-state index is 5.76. The summed E-state index contributed by atoms with van der Waals surface area (Å²) >= 11 is 0. The molecular weight excluding hydrogens is 224 g/mol. The largest absolute Gasteiger partial charge is 0.494 e. The molecule has 0 saturated heterocycles. The minimum absolute atomic E-state index is 0.167. The minimum Gasteiger partial charge on any atom is -0.494 e. The number of hydrogen-bond acceptors (Lipinski definition) is 3. The van der Waals surface area contributed by atoms with Crippen molar-refractivity contribution in [3.63, 3.8) is 0 Å². The Morgan fingerprint density at radius 1 is 1.22 bits per heavy atom. The van der Waals surface area contributed by atoms with Gasteiger partial charge in [0, 0.05) is 13.1 Å². The number of ether oxygens (including phenoxy) is 1. The third-order valence-corrected chi connectivity index (χ3v) is 2.94. The van der Waals surface area contributed by atoms with Gasteiger partial charge in [-0.05, 0) is 43.6 Å². The van der Waals surface area contributed by atoms with E-state index in [0.717, 1.165) is 18.8 Å². The summed E-state index contributed by atoms with van der Waals surface area (Å²) in [5.41, 5.74) is 7.22. The number of nitrogens with two attached hydrogens (primary N) is 1. The molecule has 0 aromatic heterocycles. The monoisotopic (exact) mass is 250 g/mol. The number of rotatable bonds is 7. The van der Waals surface area contributed by atoms with Crippen LogP contribution in [0.25, 0.3) is 0 Å². The van der Waals surface area contributed by atoms with Crippen molar-refractivity contribution < 1.29 is 4.74 Å². The molecule has 1 aromatic carbocycles. The molecule has 3 heteroatoms. The predicted molar refractivity (Wildman–Crippen MR) is 76.8 cm³/mol. The Hall–Kier alpha value is -1.06. The zero-order chi connectivity index (χ0) is 13.6. The fourth-order valence-corrected chi connectivity index (χ4v) is 2.02. The third kappa shape index (κ3) is 5.07. The van der Waals surface area contributed by atoms with E-state index in [1.807, 2.05) is 19.1 Å². The predicted octanol–water partition coefficient (Wildman–Crippen LogP) is 2.50. The molecule has 0 aliphatic carbocycles. The molecule has 0 bridgehead atoms. The summed E-state index contributed by atoms with van der Waals surface area (Å²) in [6.07, 6.45) is 0. The van der Waals surface area contributed by atoms with Crippen molar-refractivity contribution in [3.8, 4) is 5.75 Å². The SMILES string of the molecule is CCOc1ccc(CN(C)CC(C)(C)CN)cc1. The van der Waals surface area contributed by atoms with Gasteiger partial charge in [0.15, 0.2) is 0 Å². The zero-order valence-corrected chi connectivity index (χ0v) is 12.1. The number of hydrogen-bond donors (Lipinski definition) is 1. The van der Waals surface area contributed by atoms with Gasteiger partial charge in [-0.2, -0.15) is 0 Å². The van der Waals surface area contributed by atoms with E-state index in [2.05, 4.69) is 37.9 Å². The van der Waals surface area contributed by atoms with Gasteiger partial charge in [-0.25, -0.2) is 0 Å². The molecule has 0 aliphatic heterocycles. The van der Waals surface area contributed by atoms with E-state index in [1.165, 1.54) is 5.56 Å². The van der Waals surface area contributed by atoms with Crippen molar-refractivity contribution in [1.82, 2.24) is 4.90 Å². The Kier molecular flexibility index (Phi) is 5.63. The van der Waals surface area contributed by atoms with Crippen LogP contribution >= 0.6 is 0 Å². The summed E-state index contributed by atoms with van der Waals surface area (Å²) in [4.78, 5) is 2.31. The average molecular weight is 250 g/mol. The van der Waals surface area contributed by atoms with Crippen LogP contribution in [0.4, 0.5) is 0 Å². The Morgan fingerprint density at radius 3 is 2.33 bits per heavy atom. The summed E-state index contributed by atoms with van der Waals surface area (Å²) in [5.74, 6) is 0.936. The van der Waals surface area contributed by atoms with Gasteiger partial charge in [-0.3, -0.25) is 0 Å². The van der Waals surface area contributed by atoms with E-state index in [1.54, 1.807) is 0 Å². The molecule has 0 unspecified atom stereocenters. The lowest BCUT2D eigenvalue weighted by molar-refractivity contribution is 0.210.